The second-order valence-corrected chi connectivity index (χ2v) is 6.50. The van der Waals surface area contributed by atoms with Gasteiger partial charge in [-0.25, -0.2) is 0 Å². The highest BCUT2D eigenvalue weighted by atomic mass is 35.5. The maximum absolute atomic E-state index is 12.2. The molecule has 0 fully saturated rings. The Morgan fingerprint density at radius 2 is 1.78 bits per heavy atom. The van der Waals surface area contributed by atoms with E-state index in [9.17, 15) is 9.59 Å². The first-order valence-corrected chi connectivity index (χ1v) is 8.97. The molecule has 1 atom stereocenters. The van der Waals surface area contributed by atoms with E-state index in [1.165, 1.54) is 0 Å². The largest absolute Gasteiger partial charge is 0.483 e. The van der Waals surface area contributed by atoms with Crippen molar-refractivity contribution in [3.05, 3.63) is 58.6 Å². The van der Waals surface area contributed by atoms with Crippen LogP contribution in [0.2, 0.25) is 5.02 Å². The van der Waals surface area contributed by atoms with Crippen molar-refractivity contribution in [1.82, 2.24) is 10.9 Å². The van der Waals surface area contributed by atoms with Gasteiger partial charge in [-0.2, -0.15) is 0 Å². The smallest absolute Gasteiger partial charge is 0.279 e. The summed E-state index contributed by atoms with van der Waals surface area (Å²) in [7, 11) is 0. The maximum Gasteiger partial charge on any atom is 0.279 e. The van der Waals surface area contributed by atoms with E-state index in [0.29, 0.717) is 22.9 Å². The van der Waals surface area contributed by atoms with Gasteiger partial charge in [0.1, 0.15) is 11.5 Å². The van der Waals surface area contributed by atoms with E-state index in [2.05, 4.69) is 10.9 Å². The lowest BCUT2D eigenvalue weighted by molar-refractivity contribution is -0.134. The topological polar surface area (TPSA) is 76.7 Å². The molecule has 0 radical (unpaired) electrons. The summed E-state index contributed by atoms with van der Waals surface area (Å²) in [6.45, 7) is 5.39. The minimum atomic E-state index is -0.715. The van der Waals surface area contributed by atoms with Crippen molar-refractivity contribution >= 4 is 23.4 Å². The van der Waals surface area contributed by atoms with Crippen molar-refractivity contribution in [2.24, 2.45) is 0 Å². The fourth-order valence-corrected chi connectivity index (χ4v) is 2.50. The quantitative estimate of drug-likeness (QED) is 0.711. The van der Waals surface area contributed by atoms with E-state index in [-0.39, 0.29) is 6.61 Å². The second-order valence-electron chi connectivity index (χ2n) is 6.06. The van der Waals surface area contributed by atoms with Gasteiger partial charge in [-0.1, -0.05) is 36.2 Å². The molecule has 0 aliphatic rings. The number of rotatable bonds is 7. The lowest BCUT2D eigenvalue weighted by Crippen LogP contribution is -2.49. The van der Waals surface area contributed by atoms with Crippen molar-refractivity contribution in [3.8, 4) is 11.5 Å². The van der Waals surface area contributed by atoms with Crippen molar-refractivity contribution in [3.63, 3.8) is 0 Å². The molecule has 6 nitrogen and oxygen atoms in total. The van der Waals surface area contributed by atoms with E-state index in [4.69, 9.17) is 21.1 Å². The van der Waals surface area contributed by atoms with Crippen LogP contribution in [0.3, 0.4) is 0 Å². The van der Waals surface area contributed by atoms with Crippen LogP contribution < -0.4 is 20.3 Å². The number of carbonyl (C=O) groups excluding carboxylic acids is 2. The zero-order chi connectivity index (χ0) is 19.8. The van der Waals surface area contributed by atoms with Crippen LogP contribution in [-0.4, -0.2) is 24.5 Å². The molecule has 0 saturated heterocycles. The molecule has 0 aliphatic carbocycles. The Kier molecular flexibility index (Phi) is 7.49. The molecule has 0 saturated carbocycles. The van der Waals surface area contributed by atoms with Crippen molar-refractivity contribution in [1.29, 1.82) is 0 Å². The highest BCUT2D eigenvalue weighted by Gasteiger charge is 2.19. The van der Waals surface area contributed by atoms with Crippen LogP contribution in [-0.2, 0) is 9.59 Å². The third kappa shape index (κ3) is 6.49. The van der Waals surface area contributed by atoms with E-state index in [1.54, 1.807) is 30.3 Å². The van der Waals surface area contributed by atoms with E-state index < -0.39 is 17.9 Å². The molecule has 0 bridgehead atoms. The fourth-order valence-electron chi connectivity index (χ4n) is 2.27. The van der Waals surface area contributed by atoms with Gasteiger partial charge in [0.15, 0.2) is 12.7 Å². The van der Waals surface area contributed by atoms with Crippen LogP contribution in [0.25, 0.3) is 0 Å². The molecule has 1 unspecified atom stereocenters. The molecule has 2 amide bonds. The summed E-state index contributed by atoms with van der Waals surface area (Å²) in [6, 6.07) is 12.5. The van der Waals surface area contributed by atoms with Crippen molar-refractivity contribution < 1.29 is 19.1 Å². The third-order valence-electron chi connectivity index (χ3n) is 3.78. The summed E-state index contributed by atoms with van der Waals surface area (Å²) in [6.07, 6.45) is -0.261. The third-order valence-corrected chi connectivity index (χ3v) is 4.02. The summed E-state index contributed by atoms with van der Waals surface area (Å²) >= 11 is 5.88. The van der Waals surface area contributed by atoms with E-state index in [0.717, 1.165) is 11.1 Å². The summed E-state index contributed by atoms with van der Waals surface area (Å²) in [5, 5.41) is 0.593. The minimum absolute atomic E-state index is 0.238. The van der Waals surface area contributed by atoms with Crippen LogP contribution in [0.4, 0.5) is 0 Å². The van der Waals surface area contributed by atoms with Gasteiger partial charge in [0.2, 0.25) is 0 Å². The fraction of sp³-hybridized carbons (Fsp3) is 0.300. The van der Waals surface area contributed by atoms with Crippen LogP contribution in [0.1, 0.15) is 24.5 Å². The predicted molar refractivity (Wildman–Crippen MR) is 104 cm³/mol. The Balaban J connectivity index is 1.80. The van der Waals surface area contributed by atoms with Gasteiger partial charge in [0, 0.05) is 5.02 Å². The molecule has 7 heteroatoms. The Labute approximate surface area is 163 Å². The minimum Gasteiger partial charge on any atom is -0.483 e. The van der Waals surface area contributed by atoms with Crippen LogP contribution in [0.5, 0.6) is 11.5 Å². The van der Waals surface area contributed by atoms with Gasteiger partial charge in [-0.3, -0.25) is 20.4 Å². The first-order chi connectivity index (χ1) is 12.9. The van der Waals surface area contributed by atoms with Crippen molar-refractivity contribution in [2.75, 3.05) is 6.61 Å². The number of benzene rings is 2. The first kappa shape index (κ1) is 20.6. The maximum atomic E-state index is 12.2. The number of nitrogens with one attached hydrogen (secondary N) is 2. The number of aryl methyl sites for hydroxylation is 2. The standard InChI is InChI=1S/C20H23ClN2O4/c1-4-17(27-16-8-5-13(2)6-9-16)20(25)23-22-19(24)12-26-18-10-7-15(21)11-14(18)3/h5-11,17H,4,12H2,1-3H3,(H,22,24)(H,23,25). The number of hydrogen-bond donors (Lipinski definition) is 2. The van der Waals surface area contributed by atoms with Gasteiger partial charge in [-0.05, 0) is 56.2 Å². The molecule has 0 aliphatic heterocycles. The molecule has 2 aromatic carbocycles. The molecule has 2 rings (SSSR count). The average Bonchev–Trinajstić information content (AvgIpc) is 2.65. The Morgan fingerprint density at radius 1 is 1.07 bits per heavy atom. The van der Waals surface area contributed by atoms with Gasteiger partial charge in [0.25, 0.3) is 11.8 Å². The molecule has 2 aromatic rings. The monoisotopic (exact) mass is 390 g/mol. The number of hydrazine groups is 1. The highest BCUT2D eigenvalue weighted by molar-refractivity contribution is 6.30. The van der Waals surface area contributed by atoms with Gasteiger partial charge < -0.3 is 9.47 Å². The normalized spacial score (nSPS) is 11.4. The number of hydrogen-bond acceptors (Lipinski definition) is 4. The van der Waals surface area contributed by atoms with Gasteiger partial charge >= 0.3 is 0 Å². The predicted octanol–water partition coefficient (Wildman–Crippen LogP) is 3.34. The summed E-state index contributed by atoms with van der Waals surface area (Å²) in [4.78, 5) is 24.1. The second kappa shape index (κ2) is 9.83. The lowest BCUT2D eigenvalue weighted by Gasteiger charge is -2.18. The lowest BCUT2D eigenvalue weighted by atomic mass is 10.2. The summed E-state index contributed by atoms with van der Waals surface area (Å²) < 4.78 is 11.1. The molecule has 0 heterocycles. The highest BCUT2D eigenvalue weighted by Crippen LogP contribution is 2.21. The molecule has 0 spiro atoms. The zero-order valence-corrected chi connectivity index (χ0v) is 16.3. The Hall–Kier alpha value is -2.73. The number of amides is 2. The molecule has 2 N–H and O–H groups in total. The van der Waals surface area contributed by atoms with E-state index in [1.807, 2.05) is 32.9 Å². The molecular formula is C20H23ClN2O4. The molecular weight excluding hydrogens is 368 g/mol. The van der Waals surface area contributed by atoms with Gasteiger partial charge in [0.05, 0.1) is 0 Å². The van der Waals surface area contributed by atoms with Gasteiger partial charge in [-0.15, -0.1) is 0 Å². The van der Waals surface area contributed by atoms with Crippen LogP contribution in [0, 0.1) is 13.8 Å². The molecule has 144 valence electrons. The Morgan fingerprint density at radius 3 is 2.41 bits per heavy atom. The summed E-state index contributed by atoms with van der Waals surface area (Å²) in [5.41, 5.74) is 6.60. The molecule has 0 aromatic heterocycles. The molecule has 27 heavy (non-hydrogen) atoms. The first-order valence-electron chi connectivity index (χ1n) is 8.60. The number of ether oxygens (including phenoxy) is 2. The average molecular weight is 391 g/mol. The zero-order valence-electron chi connectivity index (χ0n) is 15.5. The summed E-state index contributed by atoms with van der Waals surface area (Å²) in [5.74, 6) is 0.225. The van der Waals surface area contributed by atoms with Crippen molar-refractivity contribution in [2.45, 2.75) is 33.3 Å². The SMILES string of the molecule is CCC(Oc1ccc(C)cc1)C(=O)NNC(=O)COc1ccc(Cl)cc1C. The van der Waals surface area contributed by atoms with Crippen LogP contribution in [0.15, 0.2) is 42.5 Å². The number of carbonyl (C=O) groups is 2. The Bertz CT molecular complexity index is 793. The number of halogens is 1. The van der Waals surface area contributed by atoms with E-state index >= 15 is 0 Å². The van der Waals surface area contributed by atoms with Crippen LogP contribution >= 0.6 is 11.6 Å².